The predicted octanol–water partition coefficient (Wildman–Crippen LogP) is 4.66. The lowest BCUT2D eigenvalue weighted by Gasteiger charge is -2.11. The van der Waals surface area contributed by atoms with Crippen LogP contribution in [-0.4, -0.2) is 23.3 Å². The summed E-state index contributed by atoms with van der Waals surface area (Å²) in [5, 5.41) is 0.260. The van der Waals surface area contributed by atoms with Crippen LogP contribution in [0.4, 0.5) is 8.78 Å². The van der Waals surface area contributed by atoms with Gasteiger partial charge in [-0.25, -0.2) is 13.6 Å². The number of rotatable bonds is 8. The molecule has 1 aromatic carbocycles. The maximum atomic E-state index is 13.5. The highest BCUT2D eigenvalue weighted by Crippen LogP contribution is 2.25. The highest BCUT2D eigenvalue weighted by Gasteiger charge is 2.21. The first-order valence-corrected chi connectivity index (χ1v) is 9.33. The van der Waals surface area contributed by atoms with Gasteiger partial charge in [0.1, 0.15) is 5.56 Å². The van der Waals surface area contributed by atoms with Gasteiger partial charge in [-0.3, -0.25) is 4.79 Å². The van der Waals surface area contributed by atoms with Crippen molar-refractivity contribution in [3.63, 3.8) is 0 Å². The average Bonchev–Trinajstić information content (AvgIpc) is 2.57. The lowest BCUT2D eigenvalue weighted by molar-refractivity contribution is 0.0520. The van der Waals surface area contributed by atoms with E-state index in [-0.39, 0.29) is 23.1 Å². The van der Waals surface area contributed by atoms with E-state index in [0.717, 1.165) is 37.8 Å². The van der Waals surface area contributed by atoms with Crippen LogP contribution in [0, 0.1) is 11.6 Å². The third-order valence-electron chi connectivity index (χ3n) is 3.73. The van der Waals surface area contributed by atoms with Crippen LogP contribution in [0.25, 0.3) is 10.9 Å². The van der Waals surface area contributed by atoms with Crippen LogP contribution < -0.4 is 5.43 Å². The number of hydrogen-bond donors (Lipinski definition) is 1. The van der Waals surface area contributed by atoms with Gasteiger partial charge in [-0.05, 0) is 25.2 Å². The Kier molecular flexibility index (Phi) is 6.99. The molecule has 0 unspecified atom stereocenters. The number of aromatic amines is 1. The fourth-order valence-electron chi connectivity index (χ4n) is 2.46. The maximum absolute atomic E-state index is 13.5. The summed E-state index contributed by atoms with van der Waals surface area (Å²) in [7, 11) is 0. The van der Waals surface area contributed by atoms with E-state index < -0.39 is 23.0 Å². The molecule has 0 saturated carbocycles. The van der Waals surface area contributed by atoms with E-state index in [1.807, 2.05) is 0 Å². The van der Waals surface area contributed by atoms with Gasteiger partial charge in [0.15, 0.2) is 11.6 Å². The van der Waals surface area contributed by atoms with Gasteiger partial charge in [-0.1, -0.05) is 26.2 Å². The standard InChI is InChI=1S/C18H21F2NO3S/c1-3-5-6-7-8-25-17-15(18(23)24-4-2)16(22)11-9-12(19)13(20)10-14(11)21-17/h9-10H,3-8H2,1-2H3,(H,21,22). The van der Waals surface area contributed by atoms with Crippen molar-refractivity contribution in [1.82, 2.24) is 4.98 Å². The molecule has 7 heteroatoms. The monoisotopic (exact) mass is 369 g/mol. The Morgan fingerprint density at radius 2 is 1.88 bits per heavy atom. The zero-order valence-electron chi connectivity index (χ0n) is 14.3. The molecule has 0 saturated heterocycles. The van der Waals surface area contributed by atoms with Crippen LogP contribution in [0.2, 0.25) is 0 Å². The SMILES string of the molecule is CCCCCCSc1[nH]c2cc(F)c(F)cc2c(=O)c1C(=O)OCC. The summed E-state index contributed by atoms with van der Waals surface area (Å²) in [4.78, 5) is 27.7. The van der Waals surface area contributed by atoms with Crippen molar-refractivity contribution in [1.29, 1.82) is 0 Å². The van der Waals surface area contributed by atoms with Crippen molar-refractivity contribution in [3.05, 3.63) is 39.6 Å². The molecule has 2 aromatic rings. The second-order valence-corrected chi connectivity index (χ2v) is 6.70. The summed E-state index contributed by atoms with van der Waals surface area (Å²) in [5.41, 5.74) is -0.643. The number of fused-ring (bicyclic) bond motifs is 1. The molecule has 0 fully saturated rings. The van der Waals surface area contributed by atoms with Gasteiger partial charge in [-0.15, -0.1) is 11.8 Å². The first kappa shape index (κ1) is 19.4. The first-order chi connectivity index (χ1) is 12.0. The Balaban J connectivity index is 2.45. The Labute approximate surface area is 149 Å². The lowest BCUT2D eigenvalue weighted by Crippen LogP contribution is -2.20. The molecule has 0 radical (unpaired) electrons. The fourth-order valence-corrected chi connectivity index (χ4v) is 3.52. The number of thioether (sulfide) groups is 1. The van der Waals surface area contributed by atoms with Gasteiger partial charge < -0.3 is 9.72 Å². The van der Waals surface area contributed by atoms with Gasteiger partial charge in [0.05, 0.1) is 17.1 Å². The van der Waals surface area contributed by atoms with Gasteiger partial charge in [0.2, 0.25) is 5.43 Å². The van der Waals surface area contributed by atoms with Crippen LogP contribution in [0.3, 0.4) is 0 Å². The molecule has 25 heavy (non-hydrogen) atoms. The molecule has 136 valence electrons. The summed E-state index contributed by atoms with van der Waals surface area (Å²) >= 11 is 1.32. The van der Waals surface area contributed by atoms with Crippen LogP contribution >= 0.6 is 11.8 Å². The first-order valence-electron chi connectivity index (χ1n) is 8.34. The lowest BCUT2D eigenvalue weighted by atomic mass is 10.1. The smallest absolute Gasteiger partial charge is 0.344 e. The number of halogens is 2. The summed E-state index contributed by atoms with van der Waals surface area (Å²) in [5.74, 6) is -2.23. The van der Waals surface area contributed by atoms with Crippen LogP contribution in [0.5, 0.6) is 0 Å². The maximum Gasteiger partial charge on any atom is 0.344 e. The van der Waals surface area contributed by atoms with E-state index in [1.165, 1.54) is 11.8 Å². The quantitative estimate of drug-likeness (QED) is 0.418. The molecular weight excluding hydrogens is 348 g/mol. The molecule has 0 spiro atoms. The molecule has 0 aliphatic rings. The minimum absolute atomic E-state index is 0.0720. The Morgan fingerprint density at radius 3 is 2.56 bits per heavy atom. The Morgan fingerprint density at radius 1 is 1.16 bits per heavy atom. The molecule has 1 aromatic heterocycles. The molecule has 1 heterocycles. The summed E-state index contributed by atoms with van der Waals surface area (Å²) < 4.78 is 31.9. The Hall–Kier alpha value is -1.89. The van der Waals surface area contributed by atoms with Crippen molar-refractivity contribution in [2.24, 2.45) is 0 Å². The van der Waals surface area contributed by atoms with E-state index in [9.17, 15) is 18.4 Å². The van der Waals surface area contributed by atoms with Crippen LogP contribution in [-0.2, 0) is 4.74 Å². The van der Waals surface area contributed by atoms with Crippen molar-refractivity contribution in [3.8, 4) is 0 Å². The molecule has 0 aliphatic carbocycles. The number of hydrogen-bond acceptors (Lipinski definition) is 4. The highest BCUT2D eigenvalue weighted by molar-refractivity contribution is 7.99. The van der Waals surface area contributed by atoms with E-state index in [0.29, 0.717) is 10.8 Å². The topological polar surface area (TPSA) is 59.2 Å². The second-order valence-electron chi connectivity index (χ2n) is 5.60. The van der Waals surface area contributed by atoms with E-state index in [2.05, 4.69) is 11.9 Å². The molecule has 0 atom stereocenters. The second kappa shape index (κ2) is 8.99. The average molecular weight is 369 g/mol. The summed E-state index contributed by atoms with van der Waals surface area (Å²) in [6, 6.07) is 1.74. The zero-order valence-corrected chi connectivity index (χ0v) is 15.1. The molecule has 0 aliphatic heterocycles. The normalized spacial score (nSPS) is 11.0. The van der Waals surface area contributed by atoms with Crippen LogP contribution in [0.1, 0.15) is 49.9 Å². The third-order valence-corrected chi connectivity index (χ3v) is 4.82. The van der Waals surface area contributed by atoms with Gasteiger partial charge in [0, 0.05) is 11.5 Å². The zero-order chi connectivity index (χ0) is 18.4. The number of aromatic nitrogens is 1. The van der Waals surface area contributed by atoms with E-state index in [1.54, 1.807) is 6.92 Å². The minimum atomic E-state index is -1.13. The number of carbonyl (C=O) groups is 1. The molecule has 0 amide bonds. The summed E-state index contributed by atoms with van der Waals surface area (Å²) in [6.45, 7) is 3.87. The number of nitrogens with one attached hydrogen (secondary N) is 1. The van der Waals surface area contributed by atoms with Crippen molar-refractivity contribution in [2.75, 3.05) is 12.4 Å². The van der Waals surface area contributed by atoms with E-state index in [4.69, 9.17) is 4.74 Å². The van der Waals surface area contributed by atoms with Crippen molar-refractivity contribution < 1.29 is 18.3 Å². The molecule has 0 bridgehead atoms. The highest BCUT2D eigenvalue weighted by atomic mass is 32.2. The van der Waals surface area contributed by atoms with Crippen molar-refractivity contribution >= 4 is 28.6 Å². The Bertz CT molecular complexity index is 820. The fraction of sp³-hybridized carbons (Fsp3) is 0.444. The number of ether oxygens (including phenoxy) is 1. The minimum Gasteiger partial charge on any atom is -0.462 e. The summed E-state index contributed by atoms with van der Waals surface area (Å²) in [6.07, 6.45) is 4.20. The number of benzene rings is 1. The van der Waals surface area contributed by atoms with E-state index >= 15 is 0 Å². The van der Waals surface area contributed by atoms with Gasteiger partial charge in [-0.2, -0.15) is 0 Å². The largest absolute Gasteiger partial charge is 0.462 e. The number of esters is 1. The van der Waals surface area contributed by atoms with Crippen LogP contribution in [0.15, 0.2) is 22.0 Å². The number of pyridine rings is 1. The van der Waals surface area contributed by atoms with Gasteiger partial charge >= 0.3 is 5.97 Å². The number of unbranched alkanes of at least 4 members (excludes halogenated alkanes) is 3. The molecule has 4 nitrogen and oxygen atoms in total. The van der Waals surface area contributed by atoms with Gasteiger partial charge in [0.25, 0.3) is 0 Å². The molecular formula is C18H21F2NO3S. The third kappa shape index (κ3) is 4.60. The predicted molar refractivity (Wildman–Crippen MR) is 95.3 cm³/mol. The van der Waals surface area contributed by atoms with Crippen molar-refractivity contribution in [2.45, 2.75) is 44.6 Å². The number of H-pyrrole nitrogens is 1. The molecule has 2 rings (SSSR count). The molecule has 1 N–H and O–H groups in total. The number of carbonyl (C=O) groups excluding carboxylic acids is 1.